The molecule has 1 N–H and O–H groups in total. The highest BCUT2D eigenvalue weighted by Crippen LogP contribution is 2.32. The minimum absolute atomic E-state index is 0.239. The molecule has 1 aliphatic rings. The number of nitrogens with zero attached hydrogens (tertiary/aromatic N) is 4. The summed E-state index contributed by atoms with van der Waals surface area (Å²) in [4.78, 5) is 24.6. The average Bonchev–Trinajstić information content (AvgIpc) is 3.18. The van der Waals surface area contributed by atoms with Gasteiger partial charge < -0.3 is 19.5 Å². The van der Waals surface area contributed by atoms with Gasteiger partial charge in [0.15, 0.2) is 18.1 Å². The van der Waals surface area contributed by atoms with Crippen molar-refractivity contribution in [3.05, 3.63) is 54.4 Å². The van der Waals surface area contributed by atoms with Gasteiger partial charge in [-0.3, -0.25) is 4.79 Å². The topological polar surface area (TPSA) is 117 Å². The van der Waals surface area contributed by atoms with Gasteiger partial charge in [0, 0.05) is 18.2 Å². The predicted octanol–water partition coefficient (Wildman–Crippen LogP) is 1.62. The van der Waals surface area contributed by atoms with Gasteiger partial charge in [0.25, 0.3) is 5.91 Å². The summed E-state index contributed by atoms with van der Waals surface area (Å²) in [5.41, 5.74) is 1.21. The zero-order chi connectivity index (χ0) is 20.1. The Bertz CT molecular complexity index is 1020. The second-order valence-electron chi connectivity index (χ2n) is 6.11. The SMILES string of the molecule is O=C(COC(=O)c1ccccc1-n1cnnn1)Nc1ccc2c(c1)OCCCO2. The molecule has 0 bridgehead atoms. The number of nitrogens with one attached hydrogen (secondary N) is 1. The van der Waals surface area contributed by atoms with Crippen LogP contribution in [0.25, 0.3) is 5.69 Å². The number of ether oxygens (including phenoxy) is 3. The Hall–Kier alpha value is -3.95. The number of fused-ring (bicyclic) bond motifs is 1. The second-order valence-corrected chi connectivity index (χ2v) is 6.11. The molecule has 0 unspecified atom stereocenters. The number of carbonyl (C=O) groups is 2. The molecule has 0 spiro atoms. The maximum absolute atomic E-state index is 12.4. The quantitative estimate of drug-likeness (QED) is 0.648. The van der Waals surface area contributed by atoms with E-state index in [1.807, 2.05) is 0 Å². The third-order valence-electron chi connectivity index (χ3n) is 4.09. The zero-order valence-electron chi connectivity index (χ0n) is 15.3. The van der Waals surface area contributed by atoms with E-state index in [2.05, 4.69) is 20.8 Å². The molecule has 0 saturated heterocycles. The van der Waals surface area contributed by atoms with E-state index in [0.29, 0.717) is 36.1 Å². The van der Waals surface area contributed by atoms with E-state index in [-0.39, 0.29) is 5.56 Å². The predicted molar refractivity (Wildman–Crippen MR) is 100 cm³/mol. The first-order valence-electron chi connectivity index (χ1n) is 8.90. The fourth-order valence-electron chi connectivity index (χ4n) is 2.76. The van der Waals surface area contributed by atoms with Gasteiger partial charge in [0.1, 0.15) is 6.33 Å². The normalized spacial score (nSPS) is 12.7. The second kappa shape index (κ2) is 8.38. The van der Waals surface area contributed by atoms with Crippen molar-refractivity contribution in [2.45, 2.75) is 6.42 Å². The fraction of sp³-hybridized carbons (Fsp3) is 0.211. The van der Waals surface area contributed by atoms with Crippen LogP contribution < -0.4 is 14.8 Å². The minimum atomic E-state index is -0.662. The number of aromatic nitrogens is 4. The van der Waals surface area contributed by atoms with Crippen molar-refractivity contribution in [3.63, 3.8) is 0 Å². The Morgan fingerprint density at radius 2 is 1.93 bits per heavy atom. The molecule has 10 nitrogen and oxygen atoms in total. The van der Waals surface area contributed by atoms with E-state index in [4.69, 9.17) is 14.2 Å². The number of para-hydroxylation sites is 1. The van der Waals surface area contributed by atoms with Gasteiger partial charge in [-0.15, -0.1) is 5.10 Å². The highest BCUT2D eigenvalue weighted by Gasteiger charge is 2.17. The summed E-state index contributed by atoms with van der Waals surface area (Å²) in [6.07, 6.45) is 2.15. The number of esters is 1. The number of carbonyl (C=O) groups excluding carboxylic acids is 2. The lowest BCUT2D eigenvalue weighted by molar-refractivity contribution is -0.119. The van der Waals surface area contributed by atoms with Crippen LogP contribution in [0.5, 0.6) is 11.5 Å². The van der Waals surface area contributed by atoms with E-state index >= 15 is 0 Å². The van der Waals surface area contributed by atoms with Crippen molar-refractivity contribution in [3.8, 4) is 17.2 Å². The molecule has 2 aromatic carbocycles. The number of benzene rings is 2. The van der Waals surface area contributed by atoms with Gasteiger partial charge in [0.05, 0.1) is 24.5 Å². The van der Waals surface area contributed by atoms with E-state index in [1.165, 1.54) is 11.0 Å². The van der Waals surface area contributed by atoms with E-state index < -0.39 is 18.5 Å². The largest absolute Gasteiger partial charge is 0.490 e. The molecule has 0 radical (unpaired) electrons. The van der Waals surface area contributed by atoms with Gasteiger partial charge >= 0.3 is 5.97 Å². The van der Waals surface area contributed by atoms with Crippen LogP contribution in [0.4, 0.5) is 5.69 Å². The highest BCUT2D eigenvalue weighted by molar-refractivity contribution is 5.97. The molecule has 0 saturated carbocycles. The van der Waals surface area contributed by atoms with Crippen LogP contribution in [0.3, 0.4) is 0 Å². The van der Waals surface area contributed by atoms with Crippen molar-refractivity contribution in [1.82, 2.24) is 20.2 Å². The zero-order valence-corrected chi connectivity index (χ0v) is 15.3. The van der Waals surface area contributed by atoms with E-state index in [9.17, 15) is 9.59 Å². The summed E-state index contributed by atoms with van der Waals surface area (Å²) in [6, 6.07) is 11.8. The van der Waals surface area contributed by atoms with Gasteiger partial charge in [-0.25, -0.2) is 4.79 Å². The fourth-order valence-corrected chi connectivity index (χ4v) is 2.76. The summed E-state index contributed by atoms with van der Waals surface area (Å²) in [5.74, 6) is 0.0523. The van der Waals surface area contributed by atoms with Gasteiger partial charge in [0.2, 0.25) is 0 Å². The number of anilines is 1. The molecule has 0 atom stereocenters. The van der Waals surface area contributed by atoms with E-state index in [1.54, 1.807) is 42.5 Å². The first kappa shape index (κ1) is 18.4. The maximum atomic E-state index is 12.4. The molecular weight excluding hydrogens is 378 g/mol. The molecule has 1 amide bonds. The van der Waals surface area contributed by atoms with Crippen LogP contribution in [0.1, 0.15) is 16.8 Å². The first-order chi connectivity index (χ1) is 14.2. The van der Waals surface area contributed by atoms with Crippen LogP contribution in [0.15, 0.2) is 48.8 Å². The van der Waals surface area contributed by atoms with Crippen molar-refractivity contribution in [1.29, 1.82) is 0 Å². The number of rotatable bonds is 5. The van der Waals surface area contributed by atoms with Gasteiger partial charge in [-0.2, -0.15) is 4.68 Å². The monoisotopic (exact) mass is 395 g/mol. The van der Waals surface area contributed by atoms with Crippen LogP contribution >= 0.6 is 0 Å². The molecule has 1 aromatic heterocycles. The molecule has 0 aliphatic carbocycles. The maximum Gasteiger partial charge on any atom is 0.340 e. The third kappa shape index (κ3) is 4.32. The number of amides is 1. The molecule has 0 fully saturated rings. The van der Waals surface area contributed by atoms with E-state index in [0.717, 1.165) is 6.42 Å². The molecular formula is C19H17N5O5. The first-order valence-corrected chi connectivity index (χ1v) is 8.90. The lowest BCUT2D eigenvalue weighted by Crippen LogP contribution is -2.21. The number of tetrazole rings is 1. The van der Waals surface area contributed by atoms with Gasteiger partial charge in [-0.1, -0.05) is 12.1 Å². The third-order valence-corrected chi connectivity index (χ3v) is 4.09. The molecule has 2 heterocycles. The smallest absolute Gasteiger partial charge is 0.340 e. The molecule has 148 valence electrons. The summed E-state index contributed by atoms with van der Waals surface area (Å²) < 4.78 is 17.6. The van der Waals surface area contributed by atoms with Crippen LogP contribution in [-0.2, 0) is 9.53 Å². The summed E-state index contributed by atoms with van der Waals surface area (Å²) in [5, 5.41) is 13.5. The lowest BCUT2D eigenvalue weighted by Gasteiger charge is -2.11. The molecule has 4 rings (SSSR count). The number of hydrogen-bond acceptors (Lipinski definition) is 8. The molecule has 1 aliphatic heterocycles. The van der Waals surface area contributed by atoms with Crippen LogP contribution in [0, 0.1) is 0 Å². The van der Waals surface area contributed by atoms with Crippen molar-refractivity contribution < 1.29 is 23.8 Å². The lowest BCUT2D eigenvalue weighted by atomic mass is 10.2. The summed E-state index contributed by atoms with van der Waals surface area (Å²) >= 11 is 0. The van der Waals surface area contributed by atoms with Gasteiger partial charge in [-0.05, 0) is 34.7 Å². The highest BCUT2D eigenvalue weighted by atomic mass is 16.5. The molecule has 29 heavy (non-hydrogen) atoms. The molecule has 10 heteroatoms. The Morgan fingerprint density at radius 3 is 2.76 bits per heavy atom. The molecule has 3 aromatic rings. The van der Waals surface area contributed by atoms with Crippen LogP contribution in [-0.4, -0.2) is 51.9 Å². The Labute approximate surface area is 165 Å². The number of hydrogen-bond donors (Lipinski definition) is 1. The Kier molecular flexibility index (Phi) is 5.32. The van der Waals surface area contributed by atoms with Crippen molar-refractivity contribution in [2.24, 2.45) is 0 Å². The Morgan fingerprint density at radius 1 is 1.10 bits per heavy atom. The Balaban J connectivity index is 1.38. The van der Waals surface area contributed by atoms with Crippen molar-refractivity contribution in [2.75, 3.05) is 25.1 Å². The van der Waals surface area contributed by atoms with Crippen molar-refractivity contribution >= 4 is 17.6 Å². The average molecular weight is 395 g/mol. The van der Waals surface area contributed by atoms with Crippen LogP contribution in [0.2, 0.25) is 0 Å². The minimum Gasteiger partial charge on any atom is -0.490 e. The summed E-state index contributed by atoms with van der Waals surface area (Å²) in [7, 11) is 0. The standard InChI is InChI=1S/C19H17N5O5/c25-18(21-13-6-7-16-17(10-13)28-9-3-8-27-16)11-29-19(26)14-4-1-2-5-15(14)24-12-20-22-23-24/h1-2,4-7,10,12H,3,8-9,11H2,(H,21,25). The summed E-state index contributed by atoms with van der Waals surface area (Å²) in [6.45, 7) is 0.681.